The van der Waals surface area contributed by atoms with Crippen molar-refractivity contribution in [3.05, 3.63) is 35.9 Å². The molecule has 0 radical (unpaired) electrons. The molecule has 1 aromatic carbocycles. The smallest absolute Gasteiger partial charge is 0.445 e. The summed E-state index contributed by atoms with van der Waals surface area (Å²) < 4.78 is 4.83. The molecule has 27 heavy (non-hydrogen) atoms. The molecule has 2 heterocycles. The van der Waals surface area contributed by atoms with Crippen molar-refractivity contribution in [1.29, 1.82) is 0 Å². The van der Waals surface area contributed by atoms with Gasteiger partial charge in [0.25, 0.3) is 0 Å². The molecular weight excluding hydrogens is 348 g/mol. The van der Waals surface area contributed by atoms with Crippen molar-refractivity contribution in [3.63, 3.8) is 0 Å². The molecule has 1 aromatic rings. The fourth-order valence-electron chi connectivity index (χ4n) is 4.26. The molecule has 0 aliphatic carbocycles. The lowest BCUT2D eigenvalue weighted by Gasteiger charge is -2.38. The summed E-state index contributed by atoms with van der Waals surface area (Å²) in [7, 11) is 0. The normalized spacial score (nSPS) is 28.0. The van der Waals surface area contributed by atoms with Crippen molar-refractivity contribution in [2.24, 2.45) is 0 Å². The zero-order chi connectivity index (χ0) is 19.4. The number of hydrogen-bond donors (Lipinski definition) is 1. The highest BCUT2D eigenvalue weighted by molar-refractivity contribution is 5.87. The summed E-state index contributed by atoms with van der Waals surface area (Å²) >= 11 is 0. The number of rotatable bonds is 3. The molecule has 2 aliphatic heterocycles. The van der Waals surface area contributed by atoms with E-state index in [1.165, 1.54) is 4.90 Å². The lowest BCUT2D eigenvalue weighted by Crippen LogP contribution is -2.65. The van der Waals surface area contributed by atoms with E-state index in [1.807, 2.05) is 30.3 Å². The second-order valence-corrected chi connectivity index (χ2v) is 7.45. The Labute approximate surface area is 159 Å². The van der Waals surface area contributed by atoms with Crippen LogP contribution < -0.4 is 0 Å². The van der Waals surface area contributed by atoms with Crippen LogP contribution in [0.2, 0.25) is 0 Å². The van der Waals surface area contributed by atoms with Gasteiger partial charge in [-0.15, -0.1) is 0 Å². The summed E-state index contributed by atoms with van der Waals surface area (Å²) in [6.07, 6.45) is 1.80. The highest BCUT2D eigenvalue weighted by Gasteiger charge is 2.56. The molecule has 3 rings (SSSR count). The van der Waals surface area contributed by atoms with Crippen molar-refractivity contribution >= 4 is 18.1 Å². The highest BCUT2D eigenvalue weighted by Crippen LogP contribution is 2.32. The first-order valence-corrected chi connectivity index (χ1v) is 9.60. The van der Waals surface area contributed by atoms with Crippen molar-refractivity contribution in [3.8, 4) is 0 Å². The molecule has 2 fully saturated rings. The first-order valence-electron chi connectivity index (χ1n) is 9.60. The van der Waals surface area contributed by atoms with Gasteiger partial charge in [-0.1, -0.05) is 30.3 Å². The maximum Gasteiger partial charge on any atom is 0.521 e. The number of amides is 3. The van der Waals surface area contributed by atoms with E-state index in [1.54, 1.807) is 6.92 Å². The van der Waals surface area contributed by atoms with Crippen LogP contribution in [0.25, 0.3) is 0 Å². The fraction of sp³-hybridized carbons (Fsp3) is 0.550. The van der Waals surface area contributed by atoms with E-state index in [-0.39, 0.29) is 18.6 Å². The monoisotopic (exact) mass is 375 g/mol. The Morgan fingerprint density at radius 2 is 1.89 bits per heavy atom. The third-order valence-electron chi connectivity index (χ3n) is 5.85. The SMILES string of the molecule is C[C@@H]1CCC[N+]1(C(=O)O)C(=O)C1CCCCN1C(=O)OCc1ccccc1. The van der Waals surface area contributed by atoms with Gasteiger partial charge in [0.05, 0.1) is 6.54 Å². The fourth-order valence-corrected chi connectivity index (χ4v) is 4.26. The maximum absolute atomic E-state index is 13.3. The molecule has 3 amide bonds. The number of likely N-dealkylation sites (tertiary alicyclic amines) is 2. The van der Waals surface area contributed by atoms with Crippen LogP contribution in [-0.2, 0) is 16.1 Å². The van der Waals surface area contributed by atoms with Gasteiger partial charge in [0.2, 0.25) is 0 Å². The lowest BCUT2D eigenvalue weighted by atomic mass is 10.00. The maximum atomic E-state index is 13.3. The zero-order valence-corrected chi connectivity index (χ0v) is 15.7. The second kappa shape index (κ2) is 8.08. The zero-order valence-electron chi connectivity index (χ0n) is 15.7. The van der Waals surface area contributed by atoms with E-state index in [0.29, 0.717) is 32.4 Å². The number of nitrogens with zero attached hydrogens (tertiary/aromatic N) is 2. The Kier molecular flexibility index (Phi) is 5.79. The molecule has 2 unspecified atom stereocenters. The van der Waals surface area contributed by atoms with Crippen LogP contribution in [0, 0.1) is 0 Å². The molecule has 3 atom stereocenters. The van der Waals surface area contributed by atoms with E-state index in [4.69, 9.17) is 4.74 Å². The number of ether oxygens (including phenoxy) is 1. The van der Waals surface area contributed by atoms with Gasteiger partial charge in [-0.3, -0.25) is 4.90 Å². The first-order chi connectivity index (χ1) is 13.0. The Morgan fingerprint density at radius 1 is 1.15 bits per heavy atom. The van der Waals surface area contributed by atoms with Crippen molar-refractivity contribution in [2.75, 3.05) is 13.1 Å². The largest absolute Gasteiger partial charge is 0.521 e. The van der Waals surface area contributed by atoms with Crippen LogP contribution in [-0.4, -0.2) is 57.8 Å². The lowest BCUT2D eigenvalue weighted by molar-refractivity contribution is -0.793. The molecule has 0 saturated carbocycles. The van der Waals surface area contributed by atoms with Crippen LogP contribution in [0.4, 0.5) is 9.59 Å². The summed E-state index contributed by atoms with van der Waals surface area (Å²) in [4.78, 5) is 39.4. The summed E-state index contributed by atoms with van der Waals surface area (Å²) in [6.45, 7) is 2.64. The Morgan fingerprint density at radius 3 is 2.52 bits per heavy atom. The number of piperidine rings is 1. The van der Waals surface area contributed by atoms with Gasteiger partial charge < -0.3 is 9.84 Å². The van der Waals surface area contributed by atoms with Gasteiger partial charge in [-0.25, -0.2) is 9.59 Å². The van der Waals surface area contributed by atoms with Crippen LogP contribution in [0.3, 0.4) is 0 Å². The molecule has 1 N–H and O–H groups in total. The standard InChI is InChI=1S/C20H26N2O5/c1-15-8-7-13-22(15,20(25)26)18(23)17-11-5-6-12-21(17)19(24)27-14-16-9-3-2-4-10-16/h2-4,9-10,15,17H,5-8,11-14H2,1H3/p+1/t15-,17?,22?/m1/s1. The van der Waals surface area contributed by atoms with Crippen LogP contribution in [0.15, 0.2) is 30.3 Å². The predicted octanol–water partition coefficient (Wildman–Crippen LogP) is 3.38. The molecule has 146 valence electrons. The number of quaternary nitrogens is 1. The topological polar surface area (TPSA) is 83.9 Å². The Bertz CT molecular complexity index is 708. The first kappa shape index (κ1) is 19.4. The number of benzene rings is 1. The molecule has 2 aliphatic rings. The number of carbonyl (C=O) groups excluding carboxylic acids is 2. The minimum absolute atomic E-state index is 0.131. The number of hydrogen-bond acceptors (Lipinski definition) is 4. The van der Waals surface area contributed by atoms with E-state index >= 15 is 0 Å². The highest BCUT2D eigenvalue weighted by atomic mass is 16.6. The molecule has 7 heteroatoms. The summed E-state index contributed by atoms with van der Waals surface area (Å²) in [6, 6.07) is 8.33. The number of carbonyl (C=O) groups is 3. The van der Waals surface area contributed by atoms with E-state index in [2.05, 4.69) is 0 Å². The van der Waals surface area contributed by atoms with Crippen LogP contribution in [0.5, 0.6) is 0 Å². The minimum Gasteiger partial charge on any atom is -0.445 e. The van der Waals surface area contributed by atoms with Gasteiger partial charge in [-0.05, 0) is 31.7 Å². The molecule has 0 bridgehead atoms. The summed E-state index contributed by atoms with van der Waals surface area (Å²) in [5.41, 5.74) is 0.868. The van der Waals surface area contributed by atoms with Crippen molar-refractivity contribution in [1.82, 2.24) is 4.90 Å². The van der Waals surface area contributed by atoms with Crippen LogP contribution in [0.1, 0.15) is 44.6 Å². The van der Waals surface area contributed by atoms with Gasteiger partial charge in [-0.2, -0.15) is 9.28 Å². The van der Waals surface area contributed by atoms with Gasteiger partial charge in [0.1, 0.15) is 12.6 Å². The van der Waals surface area contributed by atoms with Crippen LogP contribution >= 0.6 is 0 Å². The summed E-state index contributed by atoms with van der Waals surface area (Å²) in [5.74, 6) is -0.385. The van der Waals surface area contributed by atoms with Crippen molar-refractivity contribution in [2.45, 2.75) is 57.7 Å². The molecule has 0 spiro atoms. The van der Waals surface area contributed by atoms with Gasteiger partial charge in [0.15, 0.2) is 6.04 Å². The van der Waals surface area contributed by atoms with E-state index in [9.17, 15) is 19.5 Å². The third-order valence-corrected chi connectivity index (χ3v) is 5.85. The van der Waals surface area contributed by atoms with E-state index < -0.39 is 22.7 Å². The van der Waals surface area contributed by atoms with Crippen molar-refractivity contribution < 1.29 is 28.7 Å². The molecule has 0 aromatic heterocycles. The molecular formula is C20H27N2O5+. The minimum atomic E-state index is -1.12. The Hall–Kier alpha value is -2.41. The number of carboxylic acid groups (broad SMARTS) is 1. The number of imide groups is 1. The predicted molar refractivity (Wildman–Crippen MR) is 97.8 cm³/mol. The molecule has 2 saturated heterocycles. The van der Waals surface area contributed by atoms with Gasteiger partial charge >= 0.3 is 18.1 Å². The Balaban J connectivity index is 1.75. The third kappa shape index (κ3) is 3.69. The average Bonchev–Trinajstić information content (AvgIpc) is 3.09. The quantitative estimate of drug-likeness (QED) is 0.819. The van der Waals surface area contributed by atoms with Gasteiger partial charge in [0, 0.05) is 19.4 Å². The molecule has 7 nitrogen and oxygen atoms in total. The summed E-state index contributed by atoms with van der Waals surface area (Å²) in [5, 5.41) is 9.83. The van der Waals surface area contributed by atoms with E-state index in [0.717, 1.165) is 18.4 Å². The average molecular weight is 375 g/mol. The second-order valence-electron chi connectivity index (χ2n) is 7.45.